The number of nitrogen functional groups attached to an aromatic ring is 1. The number of nitrogens with zero attached hydrogens (tertiary/aromatic N) is 4. The van der Waals surface area contributed by atoms with Gasteiger partial charge in [-0.05, 0) is 12.1 Å². The summed E-state index contributed by atoms with van der Waals surface area (Å²) < 4.78 is 6.90. The van der Waals surface area contributed by atoms with Gasteiger partial charge in [-0.25, -0.2) is 9.97 Å². The molecule has 0 unspecified atom stereocenters. The van der Waals surface area contributed by atoms with Crippen molar-refractivity contribution in [1.29, 1.82) is 0 Å². The van der Waals surface area contributed by atoms with E-state index >= 15 is 0 Å². The van der Waals surface area contributed by atoms with Crippen LogP contribution < -0.4 is 10.5 Å². The Kier molecular flexibility index (Phi) is 2.33. The van der Waals surface area contributed by atoms with Gasteiger partial charge in [0.15, 0.2) is 5.82 Å². The molecule has 0 fully saturated rings. The van der Waals surface area contributed by atoms with Crippen LogP contribution in [0.1, 0.15) is 0 Å². The number of para-hydroxylation sites is 2. The minimum atomic E-state index is 0.359. The molecule has 2 N–H and O–H groups in total. The Labute approximate surface area is 103 Å². The molecule has 0 bridgehead atoms. The molecule has 0 radical (unpaired) electrons. The van der Waals surface area contributed by atoms with Crippen LogP contribution in [0.3, 0.4) is 0 Å². The maximum atomic E-state index is 5.98. The summed E-state index contributed by atoms with van der Waals surface area (Å²) in [6, 6.07) is 7.76. The molecule has 6 heteroatoms. The van der Waals surface area contributed by atoms with E-state index in [4.69, 9.17) is 10.5 Å². The zero-order valence-corrected chi connectivity index (χ0v) is 9.74. The van der Waals surface area contributed by atoms with Gasteiger partial charge in [0.05, 0.1) is 18.1 Å². The molecular formula is C12H11N5O. The summed E-state index contributed by atoms with van der Waals surface area (Å²) in [6.07, 6.45) is 3.10. The van der Waals surface area contributed by atoms with Gasteiger partial charge in [0.1, 0.15) is 18.3 Å². The van der Waals surface area contributed by atoms with E-state index in [1.54, 1.807) is 6.33 Å². The number of hydrogen-bond donors (Lipinski definition) is 1. The van der Waals surface area contributed by atoms with Crippen molar-refractivity contribution in [3.05, 3.63) is 36.9 Å². The summed E-state index contributed by atoms with van der Waals surface area (Å²) in [6.45, 7) is 0. The van der Waals surface area contributed by atoms with Crippen LogP contribution >= 0.6 is 0 Å². The Morgan fingerprint density at radius 1 is 1.17 bits per heavy atom. The fourth-order valence-corrected chi connectivity index (χ4v) is 1.85. The van der Waals surface area contributed by atoms with Gasteiger partial charge in [-0.3, -0.25) is 4.57 Å². The van der Waals surface area contributed by atoms with Gasteiger partial charge in [0.25, 0.3) is 0 Å². The second-order valence-corrected chi connectivity index (χ2v) is 3.72. The molecule has 2 heterocycles. The summed E-state index contributed by atoms with van der Waals surface area (Å²) >= 11 is 0. The molecule has 0 aliphatic rings. The third kappa shape index (κ3) is 1.46. The highest BCUT2D eigenvalue weighted by Crippen LogP contribution is 2.25. The molecule has 0 amide bonds. The summed E-state index contributed by atoms with van der Waals surface area (Å²) in [5.74, 6) is 0.924. The fraction of sp³-hybridized carbons (Fsp3) is 0.0833. The van der Waals surface area contributed by atoms with Crippen molar-refractivity contribution in [2.24, 2.45) is 0 Å². The number of fused-ring (bicyclic) bond motifs is 1. The lowest BCUT2D eigenvalue weighted by Crippen LogP contribution is -2.05. The van der Waals surface area contributed by atoms with Crippen molar-refractivity contribution >= 4 is 16.7 Å². The second kappa shape index (κ2) is 3.99. The number of ether oxygens (including phenoxy) is 1. The Morgan fingerprint density at radius 3 is 2.83 bits per heavy atom. The minimum Gasteiger partial charge on any atom is -0.479 e. The van der Waals surface area contributed by atoms with Crippen LogP contribution in [0.25, 0.3) is 16.9 Å². The van der Waals surface area contributed by atoms with Gasteiger partial charge in [0, 0.05) is 0 Å². The monoisotopic (exact) mass is 241 g/mol. The number of benzene rings is 1. The van der Waals surface area contributed by atoms with Gasteiger partial charge < -0.3 is 10.5 Å². The molecule has 0 saturated heterocycles. The van der Waals surface area contributed by atoms with Crippen LogP contribution in [-0.4, -0.2) is 26.6 Å². The van der Waals surface area contributed by atoms with Gasteiger partial charge in [0.2, 0.25) is 5.88 Å². The lowest BCUT2D eigenvalue weighted by molar-refractivity contribution is 0.399. The number of aromatic nitrogens is 4. The molecule has 0 spiro atoms. The van der Waals surface area contributed by atoms with E-state index in [-0.39, 0.29) is 0 Å². The van der Waals surface area contributed by atoms with E-state index in [1.165, 1.54) is 13.4 Å². The van der Waals surface area contributed by atoms with Gasteiger partial charge >= 0.3 is 0 Å². The van der Waals surface area contributed by atoms with Crippen molar-refractivity contribution in [2.75, 3.05) is 12.8 Å². The fourth-order valence-electron chi connectivity index (χ4n) is 1.85. The maximum Gasteiger partial charge on any atom is 0.242 e. The zero-order valence-electron chi connectivity index (χ0n) is 9.74. The molecule has 0 aliphatic carbocycles. The molecule has 2 aromatic heterocycles. The average Bonchev–Trinajstić information content (AvgIpc) is 2.83. The molecule has 0 atom stereocenters. The largest absolute Gasteiger partial charge is 0.479 e. The van der Waals surface area contributed by atoms with E-state index < -0.39 is 0 Å². The van der Waals surface area contributed by atoms with Gasteiger partial charge in [-0.2, -0.15) is 4.98 Å². The van der Waals surface area contributed by atoms with Gasteiger partial charge in [-0.1, -0.05) is 12.1 Å². The lowest BCUT2D eigenvalue weighted by atomic mass is 10.3. The molecule has 0 saturated carbocycles. The first-order valence-electron chi connectivity index (χ1n) is 5.38. The number of imidazole rings is 1. The molecule has 0 aliphatic heterocycles. The first kappa shape index (κ1) is 10.5. The quantitative estimate of drug-likeness (QED) is 0.733. The number of nitrogens with two attached hydrogens (primary N) is 1. The highest BCUT2D eigenvalue weighted by molar-refractivity contribution is 5.78. The predicted octanol–water partition coefficient (Wildman–Crippen LogP) is 1.41. The Bertz CT molecular complexity index is 707. The van der Waals surface area contributed by atoms with Crippen molar-refractivity contribution in [1.82, 2.24) is 19.5 Å². The Balaban J connectivity index is 2.26. The van der Waals surface area contributed by atoms with Crippen molar-refractivity contribution in [3.8, 4) is 11.7 Å². The lowest BCUT2D eigenvalue weighted by Gasteiger charge is -2.08. The Morgan fingerprint density at radius 2 is 2.00 bits per heavy atom. The van der Waals surface area contributed by atoms with Gasteiger partial charge in [-0.15, -0.1) is 0 Å². The first-order chi connectivity index (χ1) is 8.81. The SMILES string of the molecule is COc1ncnc(-n2cnc3ccccc32)c1N. The van der Waals surface area contributed by atoms with Crippen LogP contribution in [0.2, 0.25) is 0 Å². The summed E-state index contributed by atoms with van der Waals surface area (Å²) in [7, 11) is 1.52. The van der Waals surface area contributed by atoms with E-state index in [0.29, 0.717) is 17.4 Å². The topological polar surface area (TPSA) is 78.9 Å². The van der Waals surface area contributed by atoms with E-state index in [0.717, 1.165) is 11.0 Å². The molecule has 90 valence electrons. The highest BCUT2D eigenvalue weighted by Gasteiger charge is 2.12. The maximum absolute atomic E-state index is 5.98. The number of anilines is 1. The summed E-state index contributed by atoms with van der Waals surface area (Å²) in [5, 5.41) is 0. The molecular weight excluding hydrogens is 230 g/mol. The number of rotatable bonds is 2. The third-order valence-electron chi connectivity index (χ3n) is 2.70. The van der Waals surface area contributed by atoms with Crippen LogP contribution in [0.4, 0.5) is 5.69 Å². The third-order valence-corrected chi connectivity index (χ3v) is 2.70. The van der Waals surface area contributed by atoms with Crippen LogP contribution in [0.15, 0.2) is 36.9 Å². The predicted molar refractivity (Wildman–Crippen MR) is 67.6 cm³/mol. The Hall–Kier alpha value is -2.63. The summed E-state index contributed by atoms with van der Waals surface area (Å²) in [4.78, 5) is 12.4. The molecule has 6 nitrogen and oxygen atoms in total. The van der Waals surface area contributed by atoms with E-state index in [9.17, 15) is 0 Å². The van der Waals surface area contributed by atoms with E-state index in [2.05, 4.69) is 15.0 Å². The second-order valence-electron chi connectivity index (χ2n) is 3.72. The molecule has 1 aromatic carbocycles. The number of methoxy groups -OCH3 is 1. The molecule has 18 heavy (non-hydrogen) atoms. The van der Waals surface area contributed by atoms with Crippen molar-refractivity contribution < 1.29 is 4.74 Å². The smallest absolute Gasteiger partial charge is 0.242 e. The normalized spacial score (nSPS) is 10.7. The van der Waals surface area contributed by atoms with Crippen molar-refractivity contribution in [3.63, 3.8) is 0 Å². The van der Waals surface area contributed by atoms with Crippen molar-refractivity contribution in [2.45, 2.75) is 0 Å². The highest BCUT2D eigenvalue weighted by atomic mass is 16.5. The minimum absolute atomic E-state index is 0.359. The summed E-state index contributed by atoms with van der Waals surface area (Å²) in [5.41, 5.74) is 8.19. The van der Waals surface area contributed by atoms with E-state index in [1.807, 2.05) is 28.8 Å². The molecule has 3 aromatic rings. The van der Waals surface area contributed by atoms with Crippen LogP contribution in [0, 0.1) is 0 Å². The zero-order chi connectivity index (χ0) is 12.5. The van der Waals surface area contributed by atoms with Crippen LogP contribution in [0.5, 0.6) is 5.88 Å². The van der Waals surface area contributed by atoms with Crippen LogP contribution in [-0.2, 0) is 0 Å². The average molecular weight is 241 g/mol. The first-order valence-corrected chi connectivity index (χ1v) is 5.38. The molecule has 3 rings (SSSR count). The number of hydrogen-bond acceptors (Lipinski definition) is 5. The standard InChI is InChI=1S/C12H11N5O/c1-18-12-10(13)11(14-6-15-12)17-7-16-8-4-2-3-5-9(8)17/h2-7H,13H2,1H3.